The SMILES string of the molecule is CC(N)(COP(=O)(O)O)C(=O)N(OCCc1ccc(-c2ccccc2Cl)cc1)c1ccccc1. The van der Waals surface area contributed by atoms with Gasteiger partial charge in [-0.2, -0.15) is 5.06 Å². The highest BCUT2D eigenvalue weighted by Crippen LogP contribution is 2.36. The molecule has 3 aromatic carbocycles. The molecule has 1 unspecified atom stereocenters. The minimum absolute atomic E-state index is 0.154. The van der Waals surface area contributed by atoms with Crippen LogP contribution in [0, 0.1) is 0 Å². The molecule has 3 aromatic rings. The molecule has 34 heavy (non-hydrogen) atoms. The van der Waals surface area contributed by atoms with Crippen molar-refractivity contribution in [2.24, 2.45) is 5.73 Å². The third-order valence-electron chi connectivity index (χ3n) is 4.95. The third kappa shape index (κ3) is 7.22. The van der Waals surface area contributed by atoms with Crippen LogP contribution >= 0.6 is 19.4 Å². The molecule has 1 amide bonds. The summed E-state index contributed by atoms with van der Waals surface area (Å²) in [6, 6.07) is 24.0. The van der Waals surface area contributed by atoms with Crippen molar-refractivity contribution in [1.29, 1.82) is 0 Å². The van der Waals surface area contributed by atoms with Gasteiger partial charge in [0.2, 0.25) is 0 Å². The molecular weight excluding hydrogens is 479 g/mol. The Balaban J connectivity index is 1.69. The van der Waals surface area contributed by atoms with Crippen molar-refractivity contribution in [3.63, 3.8) is 0 Å². The number of phosphoric acid groups is 1. The maximum atomic E-state index is 13.1. The summed E-state index contributed by atoms with van der Waals surface area (Å²) < 4.78 is 15.5. The van der Waals surface area contributed by atoms with Crippen molar-refractivity contribution in [3.8, 4) is 11.1 Å². The number of halogens is 1. The van der Waals surface area contributed by atoms with E-state index in [0.29, 0.717) is 17.1 Å². The van der Waals surface area contributed by atoms with Gasteiger partial charge in [-0.1, -0.05) is 72.3 Å². The Hall–Kier alpha value is -2.55. The van der Waals surface area contributed by atoms with Crippen LogP contribution in [0.15, 0.2) is 78.9 Å². The van der Waals surface area contributed by atoms with Crippen LogP contribution in [-0.2, 0) is 25.1 Å². The van der Waals surface area contributed by atoms with Gasteiger partial charge in [-0.05, 0) is 42.7 Å². The molecule has 0 saturated carbocycles. The summed E-state index contributed by atoms with van der Waals surface area (Å²) in [7, 11) is -4.79. The summed E-state index contributed by atoms with van der Waals surface area (Å²) in [6.07, 6.45) is 0.500. The fourth-order valence-corrected chi connectivity index (χ4v) is 3.81. The number of carbonyl (C=O) groups is 1. The van der Waals surface area contributed by atoms with E-state index in [2.05, 4.69) is 4.52 Å². The van der Waals surface area contributed by atoms with E-state index in [-0.39, 0.29) is 6.61 Å². The Labute approximate surface area is 203 Å². The van der Waals surface area contributed by atoms with Gasteiger partial charge < -0.3 is 15.5 Å². The number of carbonyl (C=O) groups excluding carboxylic acids is 1. The van der Waals surface area contributed by atoms with Crippen molar-refractivity contribution in [1.82, 2.24) is 0 Å². The Bertz CT molecular complexity index is 1150. The number of benzene rings is 3. The van der Waals surface area contributed by atoms with Crippen LogP contribution in [0.1, 0.15) is 12.5 Å². The lowest BCUT2D eigenvalue weighted by Crippen LogP contribution is -2.56. The number of nitrogens with two attached hydrogens (primary N) is 1. The standard InChI is InChI=1S/C24H26ClN2O6P/c1-24(26,17-33-34(29,30)31)23(28)27(20-7-3-2-4-8-20)32-16-15-18-11-13-19(14-12-18)21-9-5-6-10-22(21)25/h2-14H,15-17,26H2,1H3,(H2,29,30,31). The average Bonchev–Trinajstić information content (AvgIpc) is 2.81. The van der Waals surface area contributed by atoms with Gasteiger partial charge >= 0.3 is 7.82 Å². The van der Waals surface area contributed by atoms with Gasteiger partial charge in [0.25, 0.3) is 5.91 Å². The first kappa shape index (κ1) is 26.1. The molecule has 0 saturated heterocycles. The molecule has 0 aromatic heterocycles. The molecule has 0 fully saturated rings. The topological polar surface area (TPSA) is 122 Å². The zero-order chi connectivity index (χ0) is 24.8. The normalized spacial score (nSPS) is 13.3. The van der Waals surface area contributed by atoms with Crippen molar-refractivity contribution in [2.75, 3.05) is 18.3 Å². The Morgan fingerprint density at radius 1 is 1.03 bits per heavy atom. The quantitative estimate of drug-likeness (QED) is 0.277. The minimum Gasteiger partial charge on any atom is -0.316 e. The maximum absolute atomic E-state index is 13.1. The van der Waals surface area contributed by atoms with Gasteiger partial charge in [0.1, 0.15) is 5.54 Å². The monoisotopic (exact) mass is 504 g/mol. The second-order valence-electron chi connectivity index (χ2n) is 7.88. The van der Waals surface area contributed by atoms with Gasteiger partial charge in [-0.15, -0.1) is 0 Å². The average molecular weight is 505 g/mol. The van der Waals surface area contributed by atoms with E-state index in [9.17, 15) is 9.36 Å². The molecule has 3 rings (SSSR count). The lowest BCUT2D eigenvalue weighted by Gasteiger charge is -2.30. The number of phosphoric ester groups is 1. The first-order chi connectivity index (χ1) is 16.1. The Morgan fingerprint density at radius 3 is 2.26 bits per heavy atom. The van der Waals surface area contributed by atoms with Crippen LogP contribution < -0.4 is 10.8 Å². The largest absolute Gasteiger partial charge is 0.469 e. The molecule has 0 aliphatic rings. The number of rotatable bonds is 10. The summed E-state index contributed by atoms with van der Waals surface area (Å²) in [6.45, 7) is 0.783. The highest BCUT2D eigenvalue weighted by Gasteiger charge is 2.37. The maximum Gasteiger partial charge on any atom is 0.469 e. The molecule has 10 heteroatoms. The Morgan fingerprint density at radius 2 is 1.65 bits per heavy atom. The first-order valence-electron chi connectivity index (χ1n) is 10.4. The number of para-hydroxylation sites is 1. The lowest BCUT2D eigenvalue weighted by molar-refractivity contribution is -0.132. The molecule has 4 N–H and O–H groups in total. The number of amides is 1. The minimum atomic E-state index is -4.79. The fourth-order valence-electron chi connectivity index (χ4n) is 3.13. The smallest absolute Gasteiger partial charge is 0.316 e. The molecular formula is C24H26ClN2O6P. The van der Waals surface area contributed by atoms with E-state index in [1.54, 1.807) is 30.3 Å². The number of hydrogen-bond acceptors (Lipinski definition) is 5. The third-order valence-corrected chi connectivity index (χ3v) is 5.74. The molecule has 1 atom stereocenters. The van der Waals surface area contributed by atoms with Crippen LogP contribution in [-0.4, -0.2) is 34.4 Å². The van der Waals surface area contributed by atoms with Crippen molar-refractivity contribution in [3.05, 3.63) is 89.4 Å². The van der Waals surface area contributed by atoms with E-state index in [4.69, 9.17) is 32.0 Å². The van der Waals surface area contributed by atoms with Crippen molar-refractivity contribution < 1.29 is 28.5 Å². The van der Waals surface area contributed by atoms with Crippen molar-refractivity contribution >= 4 is 31.0 Å². The summed E-state index contributed by atoms with van der Waals surface area (Å²) in [5, 5.41) is 1.70. The predicted octanol–water partition coefficient (Wildman–Crippen LogP) is 4.34. The van der Waals surface area contributed by atoms with E-state index >= 15 is 0 Å². The first-order valence-corrected chi connectivity index (χ1v) is 12.3. The lowest BCUT2D eigenvalue weighted by atomic mass is 10.0. The molecule has 0 bridgehead atoms. The molecule has 0 aliphatic carbocycles. The summed E-state index contributed by atoms with van der Waals surface area (Å²) in [4.78, 5) is 36.8. The molecule has 0 radical (unpaired) electrons. The fraction of sp³-hybridized carbons (Fsp3) is 0.208. The molecule has 8 nitrogen and oxygen atoms in total. The number of hydrogen-bond donors (Lipinski definition) is 3. The zero-order valence-corrected chi connectivity index (χ0v) is 20.2. The van der Waals surface area contributed by atoms with Gasteiger partial charge in [-0.25, -0.2) is 4.57 Å². The van der Waals surface area contributed by atoms with Crippen LogP contribution in [0.5, 0.6) is 0 Å². The molecule has 0 spiro atoms. The van der Waals surface area contributed by atoms with E-state index in [1.807, 2.05) is 48.5 Å². The highest BCUT2D eigenvalue weighted by molar-refractivity contribution is 7.46. The van der Waals surface area contributed by atoms with E-state index in [1.165, 1.54) is 6.92 Å². The van der Waals surface area contributed by atoms with E-state index < -0.39 is 25.9 Å². The number of anilines is 1. The van der Waals surface area contributed by atoms with Gasteiger partial charge in [0.15, 0.2) is 0 Å². The van der Waals surface area contributed by atoms with Crippen molar-refractivity contribution in [2.45, 2.75) is 18.9 Å². The number of nitrogens with zero attached hydrogens (tertiary/aromatic N) is 1. The molecule has 0 heterocycles. The van der Waals surface area contributed by atoms with Crippen LogP contribution in [0.3, 0.4) is 0 Å². The summed E-state index contributed by atoms with van der Waals surface area (Å²) >= 11 is 6.27. The van der Waals surface area contributed by atoms with Gasteiger partial charge in [0.05, 0.1) is 18.9 Å². The summed E-state index contributed by atoms with van der Waals surface area (Å²) in [5.74, 6) is -0.707. The predicted molar refractivity (Wildman–Crippen MR) is 131 cm³/mol. The van der Waals surface area contributed by atoms with Crippen LogP contribution in [0.4, 0.5) is 5.69 Å². The Kier molecular flexibility index (Phi) is 8.62. The second-order valence-corrected chi connectivity index (χ2v) is 9.52. The summed E-state index contributed by atoms with van der Waals surface area (Å²) in [5.41, 5.74) is 7.61. The molecule has 180 valence electrons. The van der Waals surface area contributed by atoms with Crippen LogP contribution in [0.25, 0.3) is 11.1 Å². The van der Waals surface area contributed by atoms with Gasteiger partial charge in [-0.3, -0.25) is 14.2 Å². The number of hydroxylamine groups is 1. The van der Waals surface area contributed by atoms with E-state index in [0.717, 1.165) is 21.8 Å². The highest BCUT2D eigenvalue weighted by atomic mass is 35.5. The zero-order valence-electron chi connectivity index (χ0n) is 18.5. The van der Waals surface area contributed by atoms with Crippen LogP contribution in [0.2, 0.25) is 5.02 Å². The van der Waals surface area contributed by atoms with Gasteiger partial charge in [0, 0.05) is 10.6 Å². The molecule has 0 aliphatic heterocycles. The second kappa shape index (κ2) is 11.3.